The third kappa shape index (κ3) is 4.61. The van der Waals surface area contributed by atoms with Gasteiger partial charge in [0.25, 0.3) is 10.2 Å². The van der Waals surface area contributed by atoms with E-state index in [-0.39, 0.29) is 6.04 Å². The van der Waals surface area contributed by atoms with Crippen LogP contribution in [0.3, 0.4) is 0 Å². The lowest BCUT2D eigenvalue weighted by atomic mass is 10.1. The van der Waals surface area contributed by atoms with E-state index in [0.29, 0.717) is 43.2 Å². The Hall–Kier alpha value is -0.520. The molecular weight excluding hydrogens is 382 g/mol. The number of nitrogens with zero attached hydrogens (tertiary/aromatic N) is 2. The number of nitrogens with one attached hydrogen (secondary N) is 1. The third-order valence-electron chi connectivity index (χ3n) is 4.75. The molecule has 7 nitrogen and oxygen atoms in total. The average Bonchev–Trinajstić information content (AvgIpc) is 2.98. The van der Waals surface area contributed by atoms with E-state index in [1.54, 1.807) is 21.8 Å². The molecular formula is C15H25N3O4S3. The first-order valence-corrected chi connectivity index (χ1v) is 12.5. The number of thiophene rings is 1. The standard InChI is InChI=1S/C15H25N3O4S3/c19-24(20,15-6-5-13-23-15)16-14-7-11-18(12-8-14)25(21,22)17-9-3-1-2-4-10-17/h5-6,13-14,16H,1-4,7-12H2. The second-order valence-corrected chi connectivity index (χ2v) is 11.4. The van der Waals surface area contributed by atoms with Crippen LogP contribution in [-0.4, -0.2) is 57.7 Å². The number of hydrogen-bond donors (Lipinski definition) is 1. The zero-order valence-corrected chi connectivity index (χ0v) is 16.6. The molecule has 2 aliphatic rings. The van der Waals surface area contributed by atoms with Crippen molar-refractivity contribution in [3.63, 3.8) is 0 Å². The molecule has 0 spiro atoms. The van der Waals surface area contributed by atoms with E-state index in [0.717, 1.165) is 25.7 Å². The second-order valence-electron chi connectivity index (χ2n) is 6.55. The van der Waals surface area contributed by atoms with Crippen molar-refractivity contribution >= 4 is 31.6 Å². The van der Waals surface area contributed by atoms with Crippen LogP contribution >= 0.6 is 11.3 Å². The minimum atomic E-state index is -3.50. The molecule has 0 atom stereocenters. The SMILES string of the molecule is O=S(=O)(NC1CCN(S(=O)(=O)N2CCCCCC2)CC1)c1cccs1. The van der Waals surface area contributed by atoms with E-state index >= 15 is 0 Å². The molecule has 0 unspecified atom stereocenters. The lowest BCUT2D eigenvalue weighted by Gasteiger charge is -2.34. The van der Waals surface area contributed by atoms with E-state index in [9.17, 15) is 16.8 Å². The summed E-state index contributed by atoms with van der Waals surface area (Å²) in [5, 5.41) is 1.73. The number of piperidine rings is 1. The van der Waals surface area contributed by atoms with E-state index < -0.39 is 20.2 Å². The predicted molar refractivity (Wildman–Crippen MR) is 98.2 cm³/mol. The maximum Gasteiger partial charge on any atom is 0.281 e. The molecule has 0 radical (unpaired) electrons. The lowest BCUT2D eigenvalue weighted by Crippen LogP contribution is -2.50. The van der Waals surface area contributed by atoms with Crippen molar-refractivity contribution in [2.24, 2.45) is 0 Å². The van der Waals surface area contributed by atoms with Gasteiger partial charge in [-0.15, -0.1) is 11.3 Å². The van der Waals surface area contributed by atoms with Crippen LogP contribution in [0.1, 0.15) is 38.5 Å². The summed E-state index contributed by atoms with van der Waals surface area (Å²) in [5.74, 6) is 0. The summed E-state index contributed by atoms with van der Waals surface area (Å²) >= 11 is 1.18. The van der Waals surface area contributed by atoms with Gasteiger partial charge in [0, 0.05) is 32.2 Å². The molecule has 1 aromatic heterocycles. The van der Waals surface area contributed by atoms with E-state index in [2.05, 4.69) is 4.72 Å². The smallest absolute Gasteiger partial charge is 0.207 e. The normalized spacial score (nSPS) is 22.7. The Bertz CT molecular complexity index is 746. The summed E-state index contributed by atoms with van der Waals surface area (Å²) in [5.41, 5.74) is 0. The van der Waals surface area contributed by atoms with Crippen LogP contribution < -0.4 is 4.72 Å². The Morgan fingerprint density at radius 1 is 0.920 bits per heavy atom. The number of sulfonamides is 1. The molecule has 0 aliphatic carbocycles. The first-order valence-electron chi connectivity index (χ1n) is 8.71. The maximum absolute atomic E-state index is 12.8. The zero-order chi connectivity index (χ0) is 17.9. The Balaban J connectivity index is 1.58. The highest BCUT2D eigenvalue weighted by molar-refractivity contribution is 7.91. The highest BCUT2D eigenvalue weighted by Gasteiger charge is 2.34. The van der Waals surface area contributed by atoms with Crippen molar-refractivity contribution < 1.29 is 16.8 Å². The van der Waals surface area contributed by atoms with Gasteiger partial charge in [-0.1, -0.05) is 18.9 Å². The van der Waals surface area contributed by atoms with Gasteiger partial charge in [-0.05, 0) is 37.1 Å². The molecule has 2 saturated heterocycles. The summed E-state index contributed by atoms with van der Waals surface area (Å²) in [7, 11) is -6.93. The van der Waals surface area contributed by atoms with Crippen molar-refractivity contribution in [2.75, 3.05) is 26.2 Å². The highest BCUT2D eigenvalue weighted by atomic mass is 32.2. The Morgan fingerprint density at radius 2 is 1.52 bits per heavy atom. The molecule has 0 saturated carbocycles. The monoisotopic (exact) mass is 407 g/mol. The van der Waals surface area contributed by atoms with Gasteiger partial charge in [-0.25, -0.2) is 13.1 Å². The molecule has 142 valence electrons. The van der Waals surface area contributed by atoms with E-state index in [1.165, 1.54) is 15.6 Å². The van der Waals surface area contributed by atoms with Crippen molar-refractivity contribution in [3.8, 4) is 0 Å². The molecule has 1 aromatic rings. The molecule has 2 fully saturated rings. The van der Waals surface area contributed by atoms with Gasteiger partial charge < -0.3 is 0 Å². The van der Waals surface area contributed by atoms with Crippen LogP contribution in [0.25, 0.3) is 0 Å². The number of hydrogen-bond acceptors (Lipinski definition) is 5. The molecule has 0 bridgehead atoms. The van der Waals surface area contributed by atoms with Crippen LogP contribution in [0.4, 0.5) is 0 Å². The van der Waals surface area contributed by atoms with Crippen LogP contribution in [0, 0.1) is 0 Å². The van der Waals surface area contributed by atoms with Crippen molar-refractivity contribution in [1.82, 2.24) is 13.3 Å². The summed E-state index contributed by atoms with van der Waals surface area (Å²) < 4.78 is 56.2. The molecule has 10 heteroatoms. The largest absolute Gasteiger partial charge is 0.281 e. The topological polar surface area (TPSA) is 86.8 Å². The minimum Gasteiger partial charge on any atom is -0.207 e. The van der Waals surface area contributed by atoms with Gasteiger partial charge in [0.1, 0.15) is 4.21 Å². The fourth-order valence-electron chi connectivity index (χ4n) is 3.33. The first-order chi connectivity index (χ1) is 11.9. The summed E-state index contributed by atoms with van der Waals surface area (Å²) in [6, 6.07) is 3.06. The van der Waals surface area contributed by atoms with Crippen molar-refractivity contribution in [3.05, 3.63) is 17.5 Å². The quantitative estimate of drug-likeness (QED) is 0.803. The third-order valence-corrected chi connectivity index (χ3v) is 9.71. The summed E-state index contributed by atoms with van der Waals surface area (Å²) in [4.78, 5) is 0. The summed E-state index contributed by atoms with van der Waals surface area (Å²) in [6.45, 7) is 1.90. The Morgan fingerprint density at radius 3 is 2.08 bits per heavy atom. The van der Waals surface area contributed by atoms with Crippen LogP contribution in [0.15, 0.2) is 21.7 Å². The van der Waals surface area contributed by atoms with Gasteiger partial charge >= 0.3 is 0 Å². The van der Waals surface area contributed by atoms with Gasteiger partial charge in [-0.2, -0.15) is 17.0 Å². The molecule has 3 rings (SSSR count). The van der Waals surface area contributed by atoms with Gasteiger partial charge in [0.2, 0.25) is 10.0 Å². The predicted octanol–water partition coefficient (Wildman–Crippen LogP) is 1.61. The van der Waals surface area contributed by atoms with Crippen molar-refractivity contribution in [2.45, 2.75) is 48.8 Å². The maximum atomic E-state index is 12.8. The van der Waals surface area contributed by atoms with Crippen LogP contribution in [0.2, 0.25) is 0 Å². The van der Waals surface area contributed by atoms with Crippen molar-refractivity contribution in [1.29, 1.82) is 0 Å². The van der Waals surface area contributed by atoms with E-state index in [1.807, 2.05) is 0 Å². The molecule has 1 N–H and O–H groups in total. The average molecular weight is 408 g/mol. The molecule has 3 heterocycles. The Kier molecular flexibility index (Phi) is 6.17. The fraction of sp³-hybridized carbons (Fsp3) is 0.733. The second kappa shape index (κ2) is 8.01. The van der Waals surface area contributed by atoms with Gasteiger partial charge in [0.15, 0.2) is 0 Å². The Labute approximate surface area is 154 Å². The highest BCUT2D eigenvalue weighted by Crippen LogP contribution is 2.22. The molecule has 0 aromatic carbocycles. The fourth-order valence-corrected chi connectivity index (χ4v) is 7.37. The van der Waals surface area contributed by atoms with Gasteiger partial charge in [0.05, 0.1) is 0 Å². The van der Waals surface area contributed by atoms with Crippen LogP contribution in [0.5, 0.6) is 0 Å². The van der Waals surface area contributed by atoms with Gasteiger partial charge in [-0.3, -0.25) is 0 Å². The first kappa shape index (κ1) is 19.2. The van der Waals surface area contributed by atoms with Crippen LogP contribution in [-0.2, 0) is 20.2 Å². The molecule has 25 heavy (non-hydrogen) atoms. The number of rotatable bonds is 5. The minimum absolute atomic E-state index is 0.220. The van der Waals surface area contributed by atoms with E-state index in [4.69, 9.17) is 0 Å². The molecule has 2 aliphatic heterocycles. The lowest BCUT2D eigenvalue weighted by molar-refractivity contribution is 0.281. The zero-order valence-electron chi connectivity index (χ0n) is 14.1. The molecule has 0 amide bonds. The summed E-state index contributed by atoms with van der Waals surface area (Å²) in [6.07, 6.45) is 4.99.